The summed E-state index contributed by atoms with van der Waals surface area (Å²) in [6.45, 7) is 6.51. The summed E-state index contributed by atoms with van der Waals surface area (Å²) in [5.74, 6) is -0.479. The number of halogens is 3. The third-order valence-corrected chi connectivity index (χ3v) is 3.94. The number of nitrogens with one attached hydrogen (secondary N) is 1. The minimum atomic E-state index is -4.50. The van der Waals surface area contributed by atoms with E-state index in [0.717, 1.165) is 6.07 Å². The number of carbonyl (C=O) groups excluding carboxylic acids is 2. The number of carbonyl (C=O) groups is 2. The van der Waals surface area contributed by atoms with Gasteiger partial charge in [0.2, 0.25) is 5.91 Å². The van der Waals surface area contributed by atoms with Crippen LogP contribution in [0.2, 0.25) is 0 Å². The molecule has 0 aliphatic carbocycles. The van der Waals surface area contributed by atoms with Crippen molar-refractivity contribution in [3.63, 3.8) is 0 Å². The first-order valence-electron chi connectivity index (χ1n) is 7.94. The molecule has 0 saturated carbocycles. The Morgan fingerprint density at radius 3 is 2.31 bits per heavy atom. The Morgan fingerprint density at radius 1 is 1.15 bits per heavy atom. The molecular weight excluding hydrogens is 351 g/mol. The van der Waals surface area contributed by atoms with Crippen molar-refractivity contribution in [2.75, 3.05) is 6.54 Å². The van der Waals surface area contributed by atoms with Gasteiger partial charge < -0.3 is 5.32 Å². The standard InChI is InChI=1S/C16H20F3N5O2/c1-9-7-13(16(17,18)19)22-23(9)6-5-20-14(26)8-24-11(3)15(12(4)25)10(2)21-24/h7H,5-6,8H2,1-4H3,(H,20,26). The summed E-state index contributed by atoms with van der Waals surface area (Å²) in [6.07, 6.45) is -4.50. The second-order valence-corrected chi connectivity index (χ2v) is 6.00. The molecule has 1 amide bonds. The maximum Gasteiger partial charge on any atom is 0.435 e. The SMILES string of the molecule is CC(=O)c1c(C)nn(CC(=O)NCCn2nc(C(F)(F)F)cc2C)c1C. The highest BCUT2D eigenvalue weighted by atomic mass is 19.4. The highest BCUT2D eigenvalue weighted by Crippen LogP contribution is 2.28. The van der Waals surface area contributed by atoms with Crippen molar-refractivity contribution >= 4 is 11.7 Å². The summed E-state index contributed by atoms with van der Waals surface area (Å²) in [5.41, 5.74) is 1.04. The van der Waals surface area contributed by atoms with Crippen molar-refractivity contribution in [1.82, 2.24) is 24.9 Å². The number of alkyl halides is 3. The largest absolute Gasteiger partial charge is 0.435 e. The maximum atomic E-state index is 12.6. The first-order chi connectivity index (χ1) is 12.0. The number of nitrogens with zero attached hydrogens (tertiary/aromatic N) is 4. The van der Waals surface area contributed by atoms with Crippen LogP contribution in [0.15, 0.2) is 6.07 Å². The average Bonchev–Trinajstić information content (AvgIpc) is 2.99. The number of ketones is 1. The number of aryl methyl sites for hydroxylation is 2. The summed E-state index contributed by atoms with van der Waals surface area (Å²) >= 11 is 0. The van der Waals surface area contributed by atoms with Gasteiger partial charge in [-0.05, 0) is 33.8 Å². The van der Waals surface area contributed by atoms with Crippen LogP contribution in [-0.2, 0) is 24.1 Å². The molecule has 26 heavy (non-hydrogen) atoms. The van der Waals surface area contributed by atoms with Crippen molar-refractivity contribution in [2.24, 2.45) is 0 Å². The van der Waals surface area contributed by atoms with Crippen LogP contribution < -0.4 is 5.32 Å². The Labute approximate surface area is 148 Å². The van der Waals surface area contributed by atoms with Crippen molar-refractivity contribution in [3.8, 4) is 0 Å². The van der Waals surface area contributed by atoms with Crippen LogP contribution in [0.1, 0.15) is 40.1 Å². The molecule has 2 rings (SSSR count). The highest BCUT2D eigenvalue weighted by molar-refractivity contribution is 5.96. The van der Waals surface area contributed by atoms with E-state index in [2.05, 4.69) is 15.5 Å². The lowest BCUT2D eigenvalue weighted by Crippen LogP contribution is -2.31. The van der Waals surface area contributed by atoms with Crippen LogP contribution in [0.3, 0.4) is 0 Å². The average molecular weight is 371 g/mol. The first-order valence-corrected chi connectivity index (χ1v) is 7.94. The first kappa shape index (κ1) is 19.7. The zero-order valence-corrected chi connectivity index (χ0v) is 14.9. The lowest BCUT2D eigenvalue weighted by Gasteiger charge is -2.08. The summed E-state index contributed by atoms with van der Waals surface area (Å²) < 4.78 is 40.5. The molecule has 0 radical (unpaired) electrons. The second kappa shape index (κ2) is 7.30. The zero-order chi connectivity index (χ0) is 19.6. The third kappa shape index (κ3) is 4.30. The topological polar surface area (TPSA) is 81.8 Å². The molecule has 0 aromatic carbocycles. The molecule has 1 N–H and O–H groups in total. The Morgan fingerprint density at radius 2 is 1.81 bits per heavy atom. The van der Waals surface area contributed by atoms with Crippen LogP contribution >= 0.6 is 0 Å². The van der Waals surface area contributed by atoms with E-state index in [9.17, 15) is 22.8 Å². The molecule has 0 bridgehead atoms. The Bertz CT molecular complexity index is 836. The van der Waals surface area contributed by atoms with Crippen LogP contribution in [0.4, 0.5) is 13.2 Å². The van der Waals surface area contributed by atoms with Crippen LogP contribution in [-0.4, -0.2) is 37.8 Å². The fraction of sp³-hybridized carbons (Fsp3) is 0.500. The van der Waals surface area contributed by atoms with Crippen molar-refractivity contribution in [2.45, 2.75) is 47.0 Å². The lowest BCUT2D eigenvalue weighted by atomic mass is 10.1. The van der Waals surface area contributed by atoms with Gasteiger partial charge in [0, 0.05) is 17.9 Å². The van der Waals surface area contributed by atoms with Gasteiger partial charge in [0.05, 0.1) is 17.8 Å². The second-order valence-electron chi connectivity index (χ2n) is 6.00. The van der Waals surface area contributed by atoms with Gasteiger partial charge in [-0.3, -0.25) is 19.0 Å². The fourth-order valence-corrected chi connectivity index (χ4v) is 2.73. The molecule has 0 atom stereocenters. The lowest BCUT2D eigenvalue weighted by molar-refractivity contribution is -0.141. The fourth-order valence-electron chi connectivity index (χ4n) is 2.73. The highest BCUT2D eigenvalue weighted by Gasteiger charge is 2.34. The molecule has 0 spiro atoms. The van der Waals surface area contributed by atoms with Gasteiger partial charge in [-0.25, -0.2) is 0 Å². The minimum absolute atomic E-state index is 0.0775. The number of Topliss-reactive ketones (excluding diaryl/α,β-unsaturated/α-hetero) is 1. The molecule has 2 heterocycles. The molecular formula is C16H20F3N5O2. The number of aromatic nitrogens is 4. The van der Waals surface area contributed by atoms with Crippen LogP contribution in [0, 0.1) is 20.8 Å². The quantitative estimate of drug-likeness (QED) is 0.788. The van der Waals surface area contributed by atoms with Gasteiger partial charge in [-0.2, -0.15) is 23.4 Å². The summed E-state index contributed by atoms with van der Waals surface area (Å²) in [5, 5.41) is 10.3. The van der Waals surface area contributed by atoms with E-state index < -0.39 is 11.9 Å². The van der Waals surface area contributed by atoms with E-state index >= 15 is 0 Å². The number of hydrogen-bond acceptors (Lipinski definition) is 4. The van der Waals surface area contributed by atoms with Gasteiger partial charge >= 0.3 is 6.18 Å². The van der Waals surface area contributed by atoms with Crippen molar-refractivity contribution in [1.29, 1.82) is 0 Å². The van der Waals surface area contributed by atoms with E-state index in [4.69, 9.17) is 0 Å². The van der Waals surface area contributed by atoms with E-state index in [0.29, 0.717) is 22.6 Å². The molecule has 0 fully saturated rings. The molecule has 0 unspecified atom stereocenters. The Balaban J connectivity index is 1.93. The van der Waals surface area contributed by atoms with Crippen molar-refractivity contribution in [3.05, 3.63) is 34.4 Å². The molecule has 2 aromatic rings. The van der Waals surface area contributed by atoms with E-state index in [1.165, 1.54) is 23.2 Å². The number of hydrogen-bond donors (Lipinski definition) is 1. The van der Waals surface area contributed by atoms with Crippen LogP contribution in [0.5, 0.6) is 0 Å². The normalized spacial score (nSPS) is 11.7. The summed E-state index contributed by atoms with van der Waals surface area (Å²) in [6, 6.07) is 0.959. The predicted octanol–water partition coefficient (Wildman–Crippen LogP) is 2.04. The molecule has 10 heteroatoms. The zero-order valence-electron chi connectivity index (χ0n) is 14.9. The van der Waals surface area contributed by atoms with Gasteiger partial charge in [0.1, 0.15) is 6.54 Å². The van der Waals surface area contributed by atoms with Crippen molar-refractivity contribution < 1.29 is 22.8 Å². The third-order valence-electron chi connectivity index (χ3n) is 3.94. The Hall–Kier alpha value is -2.65. The molecule has 7 nitrogen and oxygen atoms in total. The summed E-state index contributed by atoms with van der Waals surface area (Å²) in [4.78, 5) is 23.6. The maximum absolute atomic E-state index is 12.6. The van der Waals surface area contributed by atoms with Gasteiger partial charge in [-0.1, -0.05) is 0 Å². The predicted molar refractivity (Wildman–Crippen MR) is 86.7 cm³/mol. The van der Waals surface area contributed by atoms with E-state index in [1.54, 1.807) is 13.8 Å². The smallest absolute Gasteiger partial charge is 0.353 e. The molecule has 142 valence electrons. The van der Waals surface area contributed by atoms with Gasteiger partial charge in [-0.15, -0.1) is 0 Å². The number of rotatable bonds is 6. The van der Waals surface area contributed by atoms with E-state index in [1.807, 2.05) is 0 Å². The number of amides is 1. The monoisotopic (exact) mass is 371 g/mol. The molecule has 0 aliphatic rings. The van der Waals surface area contributed by atoms with Gasteiger partial charge in [0.25, 0.3) is 0 Å². The van der Waals surface area contributed by atoms with E-state index in [-0.39, 0.29) is 31.3 Å². The minimum Gasteiger partial charge on any atom is -0.353 e. The molecule has 2 aromatic heterocycles. The van der Waals surface area contributed by atoms with Crippen LogP contribution in [0.25, 0.3) is 0 Å². The Kier molecular flexibility index (Phi) is 5.53. The summed E-state index contributed by atoms with van der Waals surface area (Å²) in [7, 11) is 0. The molecule has 0 saturated heterocycles. The molecule has 0 aliphatic heterocycles. The van der Waals surface area contributed by atoms with Gasteiger partial charge in [0.15, 0.2) is 11.5 Å².